The first-order chi connectivity index (χ1) is 10.2. The lowest BCUT2D eigenvalue weighted by Gasteiger charge is -2.23. The first-order valence-electron chi connectivity index (χ1n) is 6.56. The van der Waals surface area contributed by atoms with Gasteiger partial charge in [0, 0.05) is 12.2 Å². The first kappa shape index (κ1) is 13.9. The summed E-state index contributed by atoms with van der Waals surface area (Å²) < 4.78 is 16.9. The quantitative estimate of drug-likeness (QED) is 0.786. The fourth-order valence-electron chi connectivity index (χ4n) is 1.83. The minimum absolute atomic E-state index is 0.142. The number of ether oxygens (including phenoxy) is 2. The van der Waals surface area contributed by atoms with Crippen LogP contribution in [0.2, 0.25) is 0 Å². The molecule has 0 saturated carbocycles. The molecular weight excluding hydrogens is 292 g/mol. The van der Waals surface area contributed by atoms with Gasteiger partial charge in [-0.05, 0) is 19.1 Å². The number of thioether (sulfide) groups is 1. The molecular formula is C14H14N2O4S. The zero-order chi connectivity index (χ0) is 14.7. The molecule has 0 saturated heterocycles. The Morgan fingerprint density at radius 3 is 2.95 bits per heavy atom. The third-order valence-corrected chi connectivity index (χ3v) is 3.71. The maximum atomic E-state index is 10.9. The highest BCUT2D eigenvalue weighted by atomic mass is 32.2. The van der Waals surface area contributed by atoms with Crippen LogP contribution in [0, 0.1) is 0 Å². The fraction of sp³-hybridized carbons (Fsp3) is 0.357. The van der Waals surface area contributed by atoms with E-state index in [4.69, 9.17) is 13.9 Å². The largest absolute Gasteiger partial charge is 0.485 e. The maximum Gasteiger partial charge on any atom is 0.276 e. The molecule has 1 aliphatic rings. The molecule has 2 aromatic rings. The summed E-state index contributed by atoms with van der Waals surface area (Å²) in [6, 6.07) is 7.45. The summed E-state index contributed by atoms with van der Waals surface area (Å²) in [7, 11) is 0. The second-order valence-electron chi connectivity index (χ2n) is 4.57. The molecule has 0 aliphatic carbocycles. The normalized spacial score (nSPS) is 16.7. The number of benzene rings is 1. The van der Waals surface area contributed by atoms with Gasteiger partial charge in [0.25, 0.3) is 11.1 Å². The molecule has 1 aromatic carbocycles. The van der Waals surface area contributed by atoms with Crippen molar-refractivity contribution in [3.05, 3.63) is 30.2 Å². The zero-order valence-electron chi connectivity index (χ0n) is 11.4. The number of rotatable bonds is 5. The summed E-state index contributed by atoms with van der Waals surface area (Å²) in [6.07, 6.45) is 0.0771. The summed E-state index contributed by atoms with van der Waals surface area (Å²) in [6.45, 7) is 1.89. The number of carbonyl (C=O) groups excluding carboxylic acids is 1. The third-order valence-electron chi connectivity index (χ3n) is 2.89. The van der Waals surface area contributed by atoms with Crippen molar-refractivity contribution in [2.45, 2.75) is 24.7 Å². The van der Waals surface area contributed by atoms with Crippen molar-refractivity contribution in [2.75, 3.05) is 12.4 Å². The molecule has 0 N–H and O–H groups in total. The Bertz CT molecular complexity index is 643. The highest BCUT2D eigenvalue weighted by Crippen LogP contribution is 2.35. The zero-order valence-corrected chi connectivity index (χ0v) is 12.3. The van der Waals surface area contributed by atoms with Crippen molar-refractivity contribution in [2.24, 2.45) is 0 Å². The van der Waals surface area contributed by atoms with E-state index in [1.165, 1.54) is 11.8 Å². The van der Waals surface area contributed by atoms with Gasteiger partial charge in [-0.25, -0.2) is 0 Å². The third kappa shape index (κ3) is 3.36. The topological polar surface area (TPSA) is 74.5 Å². The molecule has 7 heteroatoms. The molecule has 0 fully saturated rings. The molecule has 1 unspecified atom stereocenters. The summed E-state index contributed by atoms with van der Waals surface area (Å²) >= 11 is 1.36. The van der Waals surface area contributed by atoms with Crippen molar-refractivity contribution in [3.63, 3.8) is 0 Å². The smallest absolute Gasteiger partial charge is 0.276 e. The number of fused-ring (bicyclic) bond motifs is 1. The van der Waals surface area contributed by atoms with E-state index in [-0.39, 0.29) is 5.78 Å². The molecule has 0 radical (unpaired) electrons. The van der Waals surface area contributed by atoms with Crippen LogP contribution >= 0.6 is 11.8 Å². The Labute approximate surface area is 125 Å². The number of hydrogen-bond donors (Lipinski definition) is 0. The molecule has 1 aromatic heterocycles. The van der Waals surface area contributed by atoms with E-state index in [9.17, 15) is 4.79 Å². The predicted molar refractivity (Wildman–Crippen MR) is 75.6 cm³/mol. The highest BCUT2D eigenvalue weighted by molar-refractivity contribution is 7.99. The lowest BCUT2D eigenvalue weighted by molar-refractivity contribution is -0.116. The van der Waals surface area contributed by atoms with E-state index < -0.39 is 6.10 Å². The summed E-state index contributed by atoms with van der Waals surface area (Å²) in [5, 5.41) is 8.37. The van der Waals surface area contributed by atoms with Crippen molar-refractivity contribution in [1.29, 1.82) is 0 Å². The highest BCUT2D eigenvalue weighted by Gasteiger charge is 2.27. The summed E-state index contributed by atoms with van der Waals surface area (Å²) in [5.74, 6) is 2.53. The molecule has 3 rings (SSSR count). The molecule has 1 atom stereocenters. The van der Waals surface area contributed by atoms with Gasteiger partial charge in [-0.2, -0.15) is 0 Å². The van der Waals surface area contributed by atoms with Crippen molar-refractivity contribution in [1.82, 2.24) is 10.2 Å². The number of para-hydroxylation sites is 2. The van der Waals surface area contributed by atoms with Gasteiger partial charge in [-0.3, -0.25) is 4.79 Å². The van der Waals surface area contributed by atoms with Crippen molar-refractivity contribution in [3.8, 4) is 11.5 Å². The van der Waals surface area contributed by atoms with Gasteiger partial charge < -0.3 is 13.9 Å². The van der Waals surface area contributed by atoms with E-state index in [1.807, 2.05) is 24.3 Å². The van der Waals surface area contributed by atoms with E-state index in [0.29, 0.717) is 41.4 Å². The molecule has 0 amide bonds. The van der Waals surface area contributed by atoms with Gasteiger partial charge in [-0.1, -0.05) is 23.9 Å². The van der Waals surface area contributed by atoms with Crippen LogP contribution in [0.15, 0.2) is 33.9 Å². The van der Waals surface area contributed by atoms with Crippen LogP contribution < -0.4 is 9.47 Å². The van der Waals surface area contributed by atoms with E-state index in [2.05, 4.69) is 10.2 Å². The maximum absolute atomic E-state index is 10.9. The average Bonchev–Trinajstić information content (AvgIpc) is 2.95. The van der Waals surface area contributed by atoms with E-state index in [0.717, 1.165) is 0 Å². The molecule has 6 nitrogen and oxygen atoms in total. The Morgan fingerprint density at radius 2 is 2.14 bits per heavy atom. The van der Waals surface area contributed by atoms with Crippen LogP contribution in [0.3, 0.4) is 0 Å². The molecule has 21 heavy (non-hydrogen) atoms. The fourth-order valence-corrected chi connectivity index (χ4v) is 2.64. The lowest BCUT2D eigenvalue weighted by Crippen LogP contribution is -2.21. The van der Waals surface area contributed by atoms with Crippen LogP contribution in [0.1, 0.15) is 25.3 Å². The molecule has 0 spiro atoms. The van der Waals surface area contributed by atoms with Gasteiger partial charge in [-0.15, -0.1) is 10.2 Å². The Morgan fingerprint density at radius 1 is 1.33 bits per heavy atom. The molecule has 1 aliphatic heterocycles. The average molecular weight is 306 g/mol. The van der Waals surface area contributed by atoms with Crippen LogP contribution in [0.4, 0.5) is 0 Å². The lowest BCUT2D eigenvalue weighted by atomic mass is 10.2. The Balaban J connectivity index is 1.63. The van der Waals surface area contributed by atoms with E-state index in [1.54, 1.807) is 6.92 Å². The second-order valence-corrected chi connectivity index (χ2v) is 5.62. The second kappa shape index (κ2) is 6.17. The van der Waals surface area contributed by atoms with Crippen LogP contribution in [0.25, 0.3) is 0 Å². The van der Waals surface area contributed by atoms with Gasteiger partial charge in [0.05, 0.1) is 0 Å². The van der Waals surface area contributed by atoms with Gasteiger partial charge in [0.1, 0.15) is 12.4 Å². The Hall–Kier alpha value is -2.02. The van der Waals surface area contributed by atoms with Crippen LogP contribution in [-0.2, 0) is 4.79 Å². The number of ketones is 1. The number of nitrogens with zero attached hydrogens (tertiary/aromatic N) is 2. The van der Waals surface area contributed by atoms with E-state index >= 15 is 0 Å². The molecule has 2 heterocycles. The monoisotopic (exact) mass is 306 g/mol. The molecule has 110 valence electrons. The van der Waals surface area contributed by atoms with Crippen LogP contribution in [-0.4, -0.2) is 28.3 Å². The van der Waals surface area contributed by atoms with Gasteiger partial charge >= 0.3 is 0 Å². The number of Topliss-reactive ketones (excluding diaryl/α,β-unsaturated/α-hetero) is 1. The predicted octanol–water partition coefficient (Wildman–Crippen LogP) is 2.65. The minimum atomic E-state index is -0.408. The van der Waals surface area contributed by atoms with Crippen LogP contribution in [0.5, 0.6) is 11.5 Å². The van der Waals surface area contributed by atoms with Crippen molar-refractivity contribution < 1.29 is 18.7 Å². The number of carbonyl (C=O) groups is 1. The Kier molecular flexibility index (Phi) is 4.10. The molecule has 0 bridgehead atoms. The number of aromatic nitrogens is 2. The van der Waals surface area contributed by atoms with Crippen molar-refractivity contribution >= 4 is 17.5 Å². The summed E-state index contributed by atoms with van der Waals surface area (Å²) in [4.78, 5) is 10.9. The van der Waals surface area contributed by atoms with Gasteiger partial charge in [0.2, 0.25) is 6.10 Å². The summed E-state index contributed by atoms with van der Waals surface area (Å²) in [5.41, 5.74) is 0. The minimum Gasteiger partial charge on any atom is -0.485 e. The SMILES string of the molecule is CC(=O)CCSc1nnc(C2COc3ccccc3O2)o1. The number of hydrogen-bond acceptors (Lipinski definition) is 7. The standard InChI is InChI=1S/C14H14N2O4S/c1-9(17)6-7-21-14-16-15-13(20-14)12-8-18-10-4-2-3-5-11(10)19-12/h2-5,12H,6-8H2,1H3. The van der Waals surface area contributed by atoms with Gasteiger partial charge in [0.15, 0.2) is 11.5 Å². The first-order valence-corrected chi connectivity index (χ1v) is 7.55.